The molecule has 0 spiro atoms. The second-order valence-electron chi connectivity index (χ2n) is 11.4. The van der Waals surface area contributed by atoms with E-state index in [2.05, 4.69) is 10.6 Å². The molecule has 1 aromatic carbocycles. The number of amides is 2. The minimum atomic E-state index is -0.536. The zero-order valence-electron chi connectivity index (χ0n) is 23.5. The van der Waals surface area contributed by atoms with Crippen molar-refractivity contribution in [3.8, 4) is 0 Å². The lowest BCUT2D eigenvalue weighted by Crippen LogP contribution is -2.43. The van der Waals surface area contributed by atoms with E-state index in [1.165, 1.54) is 0 Å². The summed E-state index contributed by atoms with van der Waals surface area (Å²) >= 11 is 0. The molecule has 3 atom stereocenters. The standard InChI is InChI=1S/C29H45N3O6/c1-20(17-21(2)27(36)31-24-10-8-22(18-33)9-11-24)25(19-34)30-14-6-7-26(35)23-12-15-32(16-13-23)28(37)38-29(3,4)5/h8-11,19-21,23,25,30,33H,6-7,12-18H2,1-5H3,(H,31,36)/t20?,21-,25?/m0/s1. The van der Waals surface area contributed by atoms with Crippen LogP contribution in [0.15, 0.2) is 24.3 Å². The lowest BCUT2D eigenvalue weighted by molar-refractivity contribution is -0.124. The average molecular weight is 532 g/mol. The number of likely N-dealkylation sites (tertiary alicyclic amines) is 1. The van der Waals surface area contributed by atoms with Gasteiger partial charge in [-0.1, -0.05) is 26.0 Å². The number of ketones is 1. The third kappa shape index (κ3) is 10.5. The number of hydrogen-bond acceptors (Lipinski definition) is 7. The maximum Gasteiger partial charge on any atom is 0.410 e. The summed E-state index contributed by atoms with van der Waals surface area (Å²) in [5, 5.41) is 15.2. The first-order valence-electron chi connectivity index (χ1n) is 13.6. The summed E-state index contributed by atoms with van der Waals surface area (Å²) in [6.07, 6.45) is 3.42. The molecular formula is C29H45N3O6. The Morgan fingerprint density at radius 1 is 1.13 bits per heavy atom. The van der Waals surface area contributed by atoms with Crippen LogP contribution in [-0.2, 0) is 25.7 Å². The molecule has 1 aromatic rings. The topological polar surface area (TPSA) is 125 Å². The number of benzene rings is 1. The van der Waals surface area contributed by atoms with Gasteiger partial charge in [0.25, 0.3) is 0 Å². The second-order valence-corrected chi connectivity index (χ2v) is 11.4. The predicted octanol–water partition coefficient (Wildman–Crippen LogP) is 3.93. The highest BCUT2D eigenvalue weighted by Crippen LogP contribution is 2.22. The normalized spacial score (nSPS) is 16.8. The Balaban J connectivity index is 1.68. The molecule has 1 aliphatic heterocycles. The fourth-order valence-electron chi connectivity index (χ4n) is 4.60. The molecule has 0 aliphatic carbocycles. The molecule has 9 nitrogen and oxygen atoms in total. The summed E-state index contributed by atoms with van der Waals surface area (Å²) < 4.78 is 5.41. The van der Waals surface area contributed by atoms with Gasteiger partial charge >= 0.3 is 6.09 Å². The number of Topliss-reactive ketones (excluding diaryl/α,β-unsaturated/α-hetero) is 1. The quantitative estimate of drug-likeness (QED) is 0.260. The molecule has 2 amide bonds. The molecule has 1 saturated heterocycles. The maximum absolute atomic E-state index is 12.7. The molecule has 0 bridgehead atoms. The number of nitrogens with one attached hydrogen (secondary N) is 2. The van der Waals surface area contributed by atoms with E-state index in [1.807, 2.05) is 34.6 Å². The fraction of sp³-hybridized carbons (Fsp3) is 0.655. The number of aliphatic hydroxyl groups is 1. The van der Waals surface area contributed by atoms with Crippen LogP contribution in [0.3, 0.4) is 0 Å². The van der Waals surface area contributed by atoms with Gasteiger partial charge in [0, 0.05) is 37.0 Å². The van der Waals surface area contributed by atoms with Gasteiger partial charge < -0.3 is 30.2 Å². The van der Waals surface area contributed by atoms with Crippen LogP contribution in [0.1, 0.15) is 72.3 Å². The van der Waals surface area contributed by atoms with E-state index in [9.17, 15) is 19.2 Å². The van der Waals surface area contributed by atoms with E-state index < -0.39 is 11.6 Å². The molecule has 0 saturated carbocycles. The number of hydrogen-bond donors (Lipinski definition) is 3. The lowest BCUT2D eigenvalue weighted by atomic mass is 9.90. The second kappa shape index (κ2) is 15.0. The molecule has 1 heterocycles. The van der Waals surface area contributed by atoms with Gasteiger partial charge in [0.15, 0.2) is 0 Å². The van der Waals surface area contributed by atoms with Crippen LogP contribution in [0.5, 0.6) is 0 Å². The number of nitrogens with zero attached hydrogens (tertiary/aromatic N) is 1. The summed E-state index contributed by atoms with van der Waals surface area (Å²) in [6, 6.07) is 6.61. The number of piperidine rings is 1. The van der Waals surface area contributed by atoms with Gasteiger partial charge in [-0.2, -0.15) is 0 Å². The van der Waals surface area contributed by atoms with E-state index >= 15 is 0 Å². The minimum Gasteiger partial charge on any atom is -0.444 e. The molecule has 212 valence electrons. The van der Waals surface area contributed by atoms with Crippen molar-refractivity contribution in [2.75, 3.05) is 25.0 Å². The van der Waals surface area contributed by atoms with Gasteiger partial charge in [-0.05, 0) is 76.6 Å². The molecule has 38 heavy (non-hydrogen) atoms. The monoisotopic (exact) mass is 531 g/mol. The van der Waals surface area contributed by atoms with Crippen molar-refractivity contribution in [3.05, 3.63) is 29.8 Å². The van der Waals surface area contributed by atoms with Crippen molar-refractivity contribution >= 4 is 29.8 Å². The molecule has 3 N–H and O–H groups in total. The average Bonchev–Trinajstić information content (AvgIpc) is 2.88. The van der Waals surface area contributed by atoms with E-state index in [-0.39, 0.29) is 42.1 Å². The summed E-state index contributed by atoms with van der Waals surface area (Å²) in [7, 11) is 0. The Bertz CT molecular complexity index is 919. The van der Waals surface area contributed by atoms with Gasteiger partial charge in [0.1, 0.15) is 17.7 Å². The Morgan fingerprint density at radius 3 is 2.32 bits per heavy atom. The van der Waals surface area contributed by atoms with Crippen molar-refractivity contribution in [2.24, 2.45) is 17.8 Å². The van der Waals surface area contributed by atoms with Gasteiger partial charge in [-0.3, -0.25) is 9.59 Å². The number of aldehydes is 1. The largest absolute Gasteiger partial charge is 0.444 e. The van der Waals surface area contributed by atoms with Crippen LogP contribution in [0.25, 0.3) is 0 Å². The van der Waals surface area contributed by atoms with E-state index in [4.69, 9.17) is 9.84 Å². The fourth-order valence-corrected chi connectivity index (χ4v) is 4.60. The Labute approximate surface area is 226 Å². The zero-order valence-corrected chi connectivity index (χ0v) is 23.5. The van der Waals surface area contributed by atoms with Crippen LogP contribution in [0.4, 0.5) is 10.5 Å². The first-order valence-corrected chi connectivity index (χ1v) is 13.6. The highest BCUT2D eigenvalue weighted by molar-refractivity contribution is 5.92. The minimum absolute atomic E-state index is 0.0475. The van der Waals surface area contributed by atoms with Gasteiger partial charge in [0.2, 0.25) is 5.91 Å². The van der Waals surface area contributed by atoms with Crippen LogP contribution >= 0.6 is 0 Å². The smallest absolute Gasteiger partial charge is 0.410 e. The van der Waals surface area contributed by atoms with Crippen molar-refractivity contribution in [1.29, 1.82) is 0 Å². The zero-order chi connectivity index (χ0) is 28.3. The third-order valence-electron chi connectivity index (χ3n) is 6.92. The Morgan fingerprint density at radius 2 is 1.76 bits per heavy atom. The first-order chi connectivity index (χ1) is 17.9. The molecule has 9 heteroatoms. The predicted molar refractivity (Wildman–Crippen MR) is 147 cm³/mol. The van der Waals surface area contributed by atoms with Crippen molar-refractivity contribution < 1.29 is 29.0 Å². The number of carbonyl (C=O) groups is 4. The molecule has 0 radical (unpaired) electrons. The number of carbonyl (C=O) groups excluding carboxylic acids is 4. The van der Waals surface area contributed by atoms with Gasteiger partial charge in [-0.25, -0.2) is 4.79 Å². The SMILES string of the molecule is CC(C[C@H](C)C(=O)Nc1ccc(CO)cc1)C(C=O)NCCCC(=O)C1CCN(C(=O)OC(C)(C)C)CC1. The highest BCUT2D eigenvalue weighted by atomic mass is 16.6. The Kier molecular flexibility index (Phi) is 12.4. The first kappa shape index (κ1) is 31.4. The van der Waals surface area contributed by atoms with Crippen LogP contribution in [0, 0.1) is 17.8 Å². The van der Waals surface area contributed by atoms with Gasteiger partial charge in [0.05, 0.1) is 12.6 Å². The number of anilines is 1. The maximum atomic E-state index is 12.7. The van der Waals surface area contributed by atoms with E-state index in [0.29, 0.717) is 57.4 Å². The molecule has 1 fully saturated rings. The number of ether oxygens (including phenoxy) is 1. The van der Waals surface area contributed by atoms with Crippen LogP contribution in [0.2, 0.25) is 0 Å². The van der Waals surface area contributed by atoms with Crippen LogP contribution < -0.4 is 10.6 Å². The molecule has 2 rings (SSSR count). The number of rotatable bonds is 13. The van der Waals surface area contributed by atoms with Crippen molar-refractivity contribution in [3.63, 3.8) is 0 Å². The number of aliphatic hydroxyl groups excluding tert-OH is 1. The van der Waals surface area contributed by atoms with E-state index in [0.717, 1.165) is 11.8 Å². The third-order valence-corrected chi connectivity index (χ3v) is 6.92. The highest BCUT2D eigenvalue weighted by Gasteiger charge is 2.29. The van der Waals surface area contributed by atoms with Crippen LogP contribution in [-0.4, -0.2) is 65.4 Å². The molecule has 1 aliphatic rings. The molecule has 2 unspecified atom stereocenters. The summed E-state index contributed by atoms with van der Waals surface area (Å²) in [5.74, 6) is -0.323. The van der Waals surface area contributed by atoms with Gasteiger partial charge in [-0.15, -0.1) is 0 Å². The van der Waals surface area contributed by atoms with E-state index in [1.54, 1.807) is 29.2 Å². The summed E-state index contributed by atoms with van der Waals surface area (Å²) in [4.78, 5) is 50.8. The van der Waals surface area contributed by atoms with Crippen molar-refractivity contribution in [2.45, 2.75) is 85.0 Å². The summed E-state index contributed by atoms with van der Waals surface area (Å²) in [6.45, 7) is 10.8. The lowest BCUT2D eigenvalue weighted by Gasteiger charge is -2.33. The van der Waals surface area contributed by atoms with Crippen molar-refractivity contribution in [1.82, 2.24) is 10.2 Å². The molecule has 0 aromatic heterocycles. The molecular weight excluding hydrogens is 486 g/mol. The Hall–Kier alpha value is -2.78. The summed E-state index contributed by atoms with van der Waals surface area (Å²) in [5.41, 5.74) is 0.901.